The maximum Gasteiger partial charge on any atom is 0.267 e. The standard InChI is InChI=1S/C22H32N4O4S2/c1-5-8-20-23-16(4)21(31-20)22(27)24-18-15-17(9-10-19(18)25(6-2)7-3)32(28,29)26-11-13-30-14-12-26/h9-10,15H,5-8,11-14H2,1-4H3,(H,24,27). The van der Waals surface area contributed by atoms with Gasteiger partial charge < -0.3 is 15.0 Å². The average molecular weight is 481 g/mol. The summed E-state index contributed by atoms with van der Waals surface area (Å²) in [6.45, 7) is 10.8. The normalized spacial score (nSPS) is 15.0. The van der Waals surface area contributed by atoms with Crippen LogP contribution >= 0.6 is 11.3 Å². The smallest absolute Gasteiger partial charge is 0.267 e. The molecule has 0 radical (unpaired) electrons. The second kappa shape index (κ2) is 10.7. The predicted octanol–water partition coefficient (Wildman–Crippen LogP) is 3.52. The molecule has 176 valence electrons. The number of carbonyl (C=O) groups excluding carboxylic acids is 1. The van der Waals surface area contributed by atoms with Crippen LogP contribution in [-0.4, -0.2) is 63.0 Å². The van der Waals surface area contributed by atoms with Crippen molar-refractivity contribution in [2.75, 3.05) is 49.6 Å². The van der Waals surface area contributed by atoms with Crippen LogP contribution in [0.1, 0.15) is 47.6 Å². The number of nitrogens with zero attached hydrogens (tertiary/aromatic N) is 3. The number of ether oxygens (including phenoxy) is 1. The zero-order valence-electron chi connectivity index (χ0n) is 19.2. The van der Waals surface area contributed by atoms with E-state index in [-0.39, 0.29) is 10.8 Å². The van der Waals surface area contributed by atoms with Crippen molar-refractivity contribution < 1.29 is 17.9 Å². The highest BCUT2D eigenvalue weighted by molar-refractivity contribution is 7.89. The van der Waals surface area contributed by atoms with Gasteiger partial charge in [-0.3, -0.25) is 4.79 Å². The molecule has 2 aromatic rings. The number of amides is 1. The molecule has 1 saturated heterocycles. The highest BCUT2D eigenvalue weighted by atomic mass is 32.2. The fourth-order valence-corrected chi connectivity index (χ4v) is 6.21. The molecule has 0 saturated carbocycles. The Hall–Kier alpha value is -2.01. The van der Waals surface area contributed by atoms with Gasteiger partial charge in [0.05, 0.1) is 40.2 Å². The number of sulfonamides is 1. The van der Waals surface area contributed by atoms with Crippen LogP contribution in [0.25, 0.3) is 0 Å². The van der Waals surface area contributed by atoms with Gasteiger partial charge in [0.1, 0.15) is 4.88 Å². The van der Waals surface area contributed by atoms with Gasteiger partial charge in [-0.2, -0.15) is 4.31 Å². The summed E-state index contributed by atoms with van der Waals surface area (Å²) in [5.41, 5.74) is 1.97. The molecule has 1 aliphatic rings. The first-order valence-corrected chi connectivity index (χ1v) is 13.3. The average Bonchev–Trinajstić information content (AvgIpc) is 3.16. The SMILES string of the molecule is CCCc1nc(C)c(C(=O)Nc2cc(S(=O)(=O)N3CCOCC3)ccc2N(CC)CC)s1. The van der Waals surface area contributed by atoms with Crippen LogP contribution in [0.4, 0.5) is 11.4 Å². The quantitative estimate of drug-likeness (QED) is 0.590. The summed E-state index contributed by atoms with van der Waals surface area (Å²) < 4.78 is 33.1. The molecule has 0 unspecified atom stereocenters. The highest BCUT2D eigenvalue weighted by Gasteiger charge is 2.28. The van der Waals surface area contributed by atoms with Crippen LogP contribution < -0.4 is 10.2 Å². The zero-order chi connectivity index (χ0) is 23.3. The molecule has 1 N–H and O–H groups in total. The van der Waals surface area contributed by atoms with Crippen molar-refractivity contribution in [3.05, 3.63) is 33.8 Å². The number of nitrogens with one attached hydrogen (secondary N) is 1. The summed E-state index contributed by atoms with van der Waals surface area (Å²) in [5, 5.41) is 3.90. The molecule has 1 amide bonds. The van der Waals surface area contributed by atoms with Gasteiger partial charge in [0.15, 0.2) is 0 Å². The lowest BCUT2D eigenvalue weighted by Gasteiger charge is -2.28. The number of morpholine rings is 1. The minimum atomic E-state index is -3.68. The summed E-state index contributed by atoms with van der Waals surface area (Å²) in [6, 6.07) is 4.96. The summed E-state index contributed by atoms with van der Waals surface area (Å²) in [4.78, 5) is 20.4. The van der Waals surface area contributed by atoms with E-state index in [1.165, 1.54) is 15.6 Å². The minimum Gasteiger partial charge on any atom is -0.379 e. The topological polar surface area (TPSA) is 91.8 Å². The van der Waals surface area contributed by atoms with E-state index in [9.17, 15) is 13.2 Å². The fraction of sp³-hybridized carbons (Fsp3) is 0.545. The van der Waals surface area contributed by atoms with Crippen LogP contribution in [0.15, 0.2) is 23.1 Å². The van der Waals surface area contributed by atoms with Crippen LogP contribution in [-0.2, 0) is 21.2 Å². The maximum absolute atomic E-state index is 13.2. The molecule has 0 spiro atoms. The largest absolute Gasteiger partial charge is 0.379 e. The lowest BCUT2D eigenvalue weighted by atomic mass is 10.2. The van der Waals surface area contributed by atoms with E-state index in [1.54, 1.807) is 18.2 Å². The summed E-state index contributed by atoms with van der Waals surface area (Å²) in [6.07, 6.45) is 1.79. The number of aryl methyl sites for hydroxylation is 2. The Morgan fingerprint density at radius 3 is 2.53 bits per heavy atom. The number of hydrogen-bond acceptors (Lipinski definition) is 7. The summed E-state index contributed by atoms with van der Waals surface area (Å²) in [7, 11) is -3.68. The van der Waals surface area contributed by atoms with Crippen LogP contribution in [0, 0.1) is 6.92 Å². The van der Waals surface area contributed by atoms with Gasteiger partial charge >= 0.3 is 0 Å². The third-order valence-electron chi connectivity index (χ3n) is 5.44. The second-order valence-corrected chi connectivity index (χ2v) is 10.6. The number of hydrogen-bond donors (Lipinski definition) is 1. The van der Waals surface area contributed by atoms with Gasteiger partial charge in [0.2, 0.25) is 10.0 Å². The molecular weight excluding hydrogens is 448 g/mol. The van der Waals surface area contributed by atoms with E-state index in [2.05, 4.69) is 22.1 Å². The third kappa shape index (κ3) is 5.31. The van der Waals surface area contributed by atoms with Gasteiger partial charge in [-0.05, 0) is 51.8 Å². The summed E-state index contributed by atoms with van der Waals surface area (Å²) >= 11 is 1.39. The molecule has 1 aromatic carbocycles. The number of thiazole rings is 1. The lowest BCUT2D eigenvalue weighted by Crippen LogP contribution is -2.40. The first kappa shape index (κ1) is 24.6. The Morgan fingerprint density at radius 2 is 1.91 bits per heavy atom. The van der Waals surface area contributed by atoms with Crippen molar-refractivity contribution >= 4 is 38.6 Å². The first-order chi connectivity index (χ1) is 15.3. The van der Waals surface area contributed by atoms with Crippen molar-refractivity contribution in [1.29, 1.82) is 0 Å². The minimum absolute atomic E-state index is 0.165. The molecule has 8 nitrogen and oxygen atoms in total. The van der Waals surface area contributed by atoms with E-state index >= 15 is 0 Å². The second-order valence-electron chi connectivity index (χ2n) is 7.59. The van der Waals surface area contributed by atoms with Crippen molar-refractivity contribution in [2.24, 2.45) is 0 Å². The Morgan fingerprint density at radius 1 is 1.22 bits per heavy atom. The Bertz CT molecular complexity index is 1040. The van der Waals surface area contributed by atoms with Gasteiger partial charge in [-0.1, -0.05) is 6.92 Å². The van der Waals surface area contributed by atoms with Crippen LogP contribution in [0.2, 0.25) is 0 Å². The monoisotopic (exact) mass is 480 g/mol. The molecule has 10 heteroatoms. The van der Waals surface area contributed by atoms with E-state index in [4.69, 9.17) is 4.74 Å². The number of rotatable bonds is 9. The van der Waals surface area contributed by atoms with Crippen LogP contribution in [0.5, 0.6) is 0 Å². The Balaban J connectivity index is 1.97. The van der Waals surface area contributed by atoms with Crippen molar-refractivity contribution in [3.8, 4) is 0 Å². The molecule has 1 aromatic heterocycles. The molecule has 1 aliphatic heterocycles. The molecular formula is C22H32N4O4S2. The Kier molecular flexibility index (Phi) is 8.26. The van der Waals surface area contributed by atoms with E-state index in [0.717, 1.165) is 36.6 Å². The van der Waals surface area contributed by atoms with Crippen LogP contribution in [0.3, 0.4) is 0 Å². The fourth-order valence-electron chi connectivity index (χ4n) is 3.71. The van der Waals surface area contributed by atoms with E-state index < -0.39 is 10.0 Å². The maximum atomic E-state index is 13.2. The molecule has 1 fully saturated rings. The predicted molar refractivity (Wildman–Crippen MR) is 128 cm³/mol. The van der Waals surface area contributed by atoms with E-state index in [0.29, 0.717) is 42.6 Å². The van der Waals surface area contributed by atoms with Crippen molar-refractivity contribution in [2.45, 2.75) is 45.4 Å². The zero-order valence-corrected chi connectivity index (χ0v) is 20.8. The van der Waals surface area contributed by atoms with Crippen molar-refractivity contribution in [1.82, 2.24) is 9.29 Å². The number of anilines is 2. The van der Waals surface area contributed by atoms with E-state index in [1.807, 2.05) is 20.8 Å². The highest BCUT2D eigenvalue weighted by Crippen LogP contribution is 2.32. The van der Waals surface area contributed by atoms with Gasteiger partial charge in [0.25, 0.3) is 5.91 Å². The third-order valence-corrected chi connectivity index (χ3v) is 8.55. The van der Waals surface area contributed by atoms with Crippen molar-refractivity contribution in [3.63, 3.8) is 0 Å². The molecule has 32 heavy (non-hydrogen) atoms. The van der Waals surface area contributed by atoms with Gasteiger partial charge in [-0.15, -0.1) is 11.3 Å². The molecule has 0 bridgehead atoms. The Labute approximate surface area is 194 Å². The molecule has 2 heterocycles. The van der Waals surface area contributed by atoms with Gasteiger partial charge in [-0.25, -0.2) is 13.4 Å². The van der Waals surface area contributed by atoms with Gasteiger partial charge in [0, 0.05) is 26.2 Å². The summed E-state index contributed by atoms with van der Waals surface area (Å²) in [5.74, 6) is -0.267. The lowest BCUT2D eigenvalue weighted by molar-refractivity contribution is 0.0730. The number of benzene rings is 1. The molecule has 3 rings (SSSR count). The number of carbonyl (C=O) groups is 1. The molecule has 0 aliphatic carbocycles. The molecule has 0 atom stereocenters. The first-order valence-electron chi connectivity index (χ1n) is 11.1. The number of aromatic nitrogens is 1.